The second-order valence-electron chi connectivity index (χ2n) is 5.71. The van der Waals surface area contributed by atoms with Crippen LogP contribution in [0.3, 0.4) is 0 Å². The molecule has 0 radical (unpaired) electrons. The molecular weight excluding hydrogens is 320 g/mol. The lowest BCUT2D eigenvalue weighted by Gasteiger charge is -2.31. The van der Waals surface area contributed by atoms with Gasteiger partial charge in [-0.15, -0.1) is 0 Å². The van der Waals surface area contributed by atoms with Crippen LogP contribution >= 0.6 is 0 Å². The number of esters is 1. The van der Waals surface area contributed by atoms with E-state index >= 15 is 0 Å². The molecule has 1 N–H and O–H groups in total. The zero-order chi connectivity index (χ0) is 17.4. The smallest absolute Gasteiger partial charge is 0.321 e. The van der Waals surface area contributed by atoms with Crippen molar-refractivity contribution in [2.45, 2.75) is 13.0 Å². The van der Waals surface area contributed by atoms with E-state index in [1.165, 1.54) is 0 Å². The average molecular weight is 336 g/mol. The molecule has 25 heavy (non-hydrogen) atoms. The van der Waals surface area contributed by atoms with Crippen LogP contribution in [0.5, 0.6) is 0 Å². The van der Waals surface area contributed by atoms with Gasteiger partial charge in [0.1, 0.15) is 6.04 Å². The van der Waals surface area contributed by atoms with Crippen molar-refractivity contribution < 1.29 is 14.3 Å². The number of carbonyl (C=O) groups excluding carboxylic acids is 2. The van der Waals surface area contributed by atoms with E-state index in [2.05, 4.69) is 15.3 Å². The molecule has 1 aliphatic rings. The van der Waals surface area contributed by atoms with Crippen molar-refractivity contribution >= 4 is 28.9 Å². The molecule has 0 saturated carbocycles. The van der Waals surface area contributed by atoms with E-state index in [-0.39, 0.29) is 6.61 Å². The van der Waals surface area contributed by atoms with Crippen LogP contribution in [0.4, 0.5) is 5.95 Å². The minimum atomic E-state index is -1.03. The summed E-state index contributed by atoms with van der Waals surface area (Å²) in [6.07, 6.45) is 1.64. The summed E-state index contributed by atoms with van der Waals surface area (Å²) in [5.41, 5.74) is 2.17. The fourth-order valence-electron chi connectivity index (χ4n) is 3.22. The first-order chi connectivity index (χ1) is 12.2. The summed E-state index contributed by atoms with van der Waals surface area (Å²) in [6, 6.07) is 12.3. The van der Waals surface area contributed by atoms with Gasteiger partial charge in [0.15, 0.2) is 5.92 Å². The molecule has 0 spiro atoms. The van der Waals surface area contributed by atoms with Crippen LogP contribution < -0.4 is 5.32 Å². The van der Waals surface area contributed by atoms with Crippen LogP contribution in [0.15, 0.2) is 48.7 Å². The van der Waals surface area contributed by atoms with E-state index in [1.807, 2.05) is 34.9 Å². The van der Waals surface area contributed by atoms with E-state index in [0.29, 0.717) is 11.6 Å². The van der Waals surface area contributed by atoms with E-state index in [9.17, 15) is 9.59 Å². The van der Waals surface area contributed by atoms with Gasteiger partial charge >= 0.3 is 5.97 Å². The highest BCUT2D eigenvalue weighted by Crippen LogP contribution is 2.37. The molecule has 3 aromatic rings. The molecule has 1 amide bonds. The summed E-state index contributed by atoms with van der Waals surface area (Å²) in [6.45, 7) is 1.92. The van der Waals surface area contributed by atoms with Crippen molar-refractivity contribution in [3.05, 3.63) is 54.4 Å². The lowest BCUT2D eigenvalue weighted by atomic mass is 9.93. The third-order valence-electron chi connectivity index (χ3n) is 4.24. The number of ether oxygens (including phenoxy) is 1. The summed E-state index contributed by atoms with van der Waals surface area (Å²) in [7, 11) is 0. The van der Waals surface area contributed by atoms with E-state index in [1.54, 1.807) is 25.3 Å². The van der Waals surface area contributed by atoms with Crippen LogP contribution in [0.25, 0.3) is 11.0 Å². The molecule has 0 bridgehead atoms. The van der Waals surface area contributed by atoms with Crippen LogP contribution in [0.1, 0.15) is 18.7 Å². The van der Waals surface area contributed by atoms with Gasteiger partial charge < -0.3 is 4.74 Å². The molecule has 0 saturated heterocycles. The Morgan fingerprint density at radius 1 is 1.24 bits per heavy atom. The predicted octanol–water partition coefficient (Wildman–Crippen LogP) is 2.15. The minimum absolute atomic E-state index is 0.203. The number of hydrogen-bond acceptors (Lipinski definition) is 5. The zero-order valence-electron chi connectivity index (χ0n) is 13.5. The second kappa shape index (κ2) is 6.01. The highest BCUT2D eigenvalue weighted by Gasteiger charge is 2.44. The van der Waals surface area contributed by atoms with Gasteiger partial charge in [0.05, 0.1) is 23.3 Å². The number of anilines is 1. The van der Waals surface area contributed by atoms with Gasteiger partial charge in [-0.2, -0.15) is 0 Å². The number of nitrogens with one attached hydrogen (secondary N) is 1. The largest absolute Gasteiger partial charge is 0.465 e. The molecule has 1 aliphatic heterocycles. The second-order valence-corrected chi connectivity index (χ2v) is 5.71. The van der Waals surface area contributed by atoms with Crippen molar-refractivity contribution in [2.24, 2.45) is 5.92 Å². The SMILES string of the molecule is CCOC(=O)[C@H]1C(=O)Nc2nc3ccccc3n2[C@H]1c1ccccn1. The third-order valence-corrected chi connectivity index (χ3v) is 4.24. The van der Waals surface area contributed by atoms with Gasteiger partial charge in [-0.05, 0) is 31.2 Å². The normalized spacial score (nSPS) is 19.3. The van der Waals surface area contributed by atoms with Crippen molar-refractivity contribution in [3.63, 3.8) is 0 Å². The molecule has 126 valence electrons. The summed E-state index contributed by atoms with van der Waals surface area (Å²) in [5.74, 6) is -1.63. The van der Waals surface area contributed by atoms with Gasteiger partial charge in [-0.1, -0.05) is 18.2 Å². The number of carbonyl (C=O) groups is 2. The van der Waals surface area contributed by atoms with Gasteiger partial charge in [0.25, 0.3) is 0 Å². The first-order valence-electron chi connectivity index (χ1n) is 8.06. The highest BCUT2D eigenvalue weighted by molar-refractivity contribution is 6.07. The Morgan fingerprint density at radius 3 is 2.80 bits per heavy atom. The number of aromatic nitrogens is 3. The first-order valence-corrected chi connectivity index (χ1v) is 8.06. The fraction of sp³-hybridized carbons (Fsp3) is 0.222. The van der Waals surface area contributed by atoms with Crippen molar-refractivity contribution in [1.29, 1.82) is 0 Å². The molecule has 0 fully saturated rings. The highest BCUT2D eigenvalue weighted by atomic mass is 16.5. The molecule has 3 heterocycles. The Labute approximate surface area is 143 Å². The lowest BCUT2D eigenvalue weighted by molar-refractivity contribution is -0.152. The topological polar surface area (TPSA) is 86.1 Å². The Morgan fingerprint density at radius 2 is 2.04 bits per heavy atom. The maximum Gasteiger partial charge on any atom is 0.321 e. The van der Waals surface area contributed by atoms with E-state index in [0.717, 1.165) is 11.0 Å². The number of hydrogen-bond donors (Lipinski definition) is 1. The zero-order valence-corrected chi connectivity index (χ0v) is 13.5. The van der Waals surface area contributed by atoms with Crippen molar-refractivity contribution in [2.75, 3.05) is 11.9 Å². The van der Waals surface area contributed by atoms with Gasteiger partial charge in [-0.3, -0.25) is 24.5 Å². The van der Waals surface area contributed by atoms with Crippen LogP contribution in [-0.2, 0) is 14.3 Å². The summed E-state index contributed by atoms with van der Waals surface area (Å²) < 4.78 is 6.99. The van der Waals surface area contributed by atoms with Gasteiger partial charge in [0.2, 0.25) is 11.9 Å². The molecule has 4 rings (SSSR count). The Balaban J connectivity index is 1.96. The number of benzene rings is 1. The quantitative estimate of drug-likeness (QED) is 0.585. The molecule has 2 aromatic heterocycles. The number of amides is 1. The number of imidazole rings is 1. The van der Waals surface area contributed by atoms with Crippen molar-refractivity contribution in [1.82, 2.24) is 14.5 Å². The van der Waals surface area contributed by atoms with Gasteiger partial charge in [-0.25, -0.2) is 4.98 Å². The maximum atomic E-state index is 12.6. The fourth-order valence-corrected chi connectivity index (χ4v) is 3.22. The number of pyridine rings is 1. The summed E-state index contributed by atoms with van der Waals surface area (Å²) in [5, 5.41) is 2.72. The molecule has 0 aliphatic carbocycles. The first kappa shape index (κ1) is 15.3. The Hall–Kier alpha value is -3.22. The molecular formula is C18H16N4O3. The number of nitrogens with zero attached hydrogens (tertiary/aromatic N) is 3. The standard InChI is InChI=1S/C18H16N4O3/c1-2-25-17(24)14-15(12-8-5-6-10-19-12)22-13-9-4-3-7-11(13)20-18(22)21-16(14)23/h3-10,14-15H,2H2,1H3,(H,20,21,23)/t14-,15+/m1/s1. The van der Waals surface area contributed by atoms with Crippen LogP contribution in [0.2, 0.25) is 0 Å². The molecule has 7 nitrogen and oxygen atoms in total. The maximum absolute atomic E-state index is 12.6. The Bertz CT molecular complexity index is 951. The molecule has 2 atom stereocenters. The lowest BCUT2D eigenvalue weighted by Crippen LogP contribution is -2.43. The van der Waals surface area contributed by atoms with Crippen LogP contribution in [0, 0.1) is 5.92 Å². The van der Waals surface area contributed by atoms with Crippen LogP contribution in [-0.4, -0.2) is 33.0 Å². The molecule has 1 aromatic carbocycles. The summed E-state index contributed by atoms with van der Waals surface area (Å²) >= 11 is 0. The van der Waals surface area contributed by atoms with Crippen molar-refractivity contribution in [3.8, 4) is 0 Å². The summed E-state index contributed by atoms with van der Waals surface area (Å²) in [4.78, 5) is 34.0. The Kier molecular flexibility index (Phi) is 3.68. The number of rotatable bonds is 3. The number of para-hydroxylation sites is 2. The third kappa shape index (κ3) is 2.44. The number of fused-ring (bicyclic) bond motifs is 3. The molecule has 0 unspecified atom stereocenters. The van der Waals surface area contributed by atoms with E-state index in [4.69, 9.17) is 4.74 Å². The monoisotopic (exact) mass is 336 g/mol. The molecule has 7 heteroatoms. The van der Waals surface area contributed by atoms with Gasteiger partial charge in [0, 0.05) is 6.20 Å². The minimum Gasteiger partial charge on any atom is -0.465 e. The van der Waals surface area contributed by atoms with E-state index < -0.39 is 23.8 Å². The average Bonchev–Trinajstić information content (AvgIpc) is 2.99. The predicted molar refractivity (Wildman–Crippen MR) is 90.9 cm³/mol.